The van der Waals surface area contributed by atoms with Gasteiger partial charge in [-0.3, -0.25) is 0 Å². The average molecular weight is 340 g/mol. The van der Waals surface area contributed by atoms with E-state index in [-0.39, 0.29) is 6.10 Å². The first-order valence-electron chi connectivity index (χ1n) is 8.02. The summed E-state index contributed by atoms with van der Waals surface area (Å²) < 4.78 is 21.9. The summed E-state index contributed by atoms with van der Waals surface area (Å²) in [6.07, 6.45) is 0.409. The van der Waals surface area contributed by atoms with Crippen molar-refractivity contribution in [2.24, 2.45) is 0 Å². The van der Waals surface area contributed by atoms with E-state index in [4.69, 9.17) is 18.7 Å². The van der Waals surface area contributed by atoms with Crippen LogP contribution in [0, 0.1) is 0 Å². The van der Waals surface area contributed by atoms with E-state index >= 15 is 0 Å². The van der Waals surface area contributed by atoms with Crippen LogP contribution in [0.1, 0.15) is 25.3 Å². The van der Waals surface area contributed by atoms with Crippen LogP contribution in [-0.4, -0.2) is 24.4 Å². The number of para-hydroxylation sites is 1. The van der Waals surface area contributed by atoms with Gasteiger partial charge in [-0.25, -0.2) is 0 Å². The SMILES string of the molecule is CCC(Oc1ccccc1)c1nc(-c2ccc(OC)c(OC)c2)no1. The lowest BCUT2D eigenvalue weighted by atomic mass is 10.2. The Kier molecular flexibility index (Phi) is 5.18. The number of methoxy groups -OCH3 is 2. The van der Waals surface area contributed by atoms with Gasteiger partial charge in [0.15, 0.2) is 17.6 Å². The lowest BCUT2D eigenvalue weighted by Gasteiger charge is -2.13. The van der Waals surface area contributed by atoms with Gasteiger partial charge in [0, 0.05) is 5.56 Å². The van der Waals surface area contributed by atoms with E-state index in [1.807, 2.05) is 55.5 Å². The Hall–Kier alpha value is -3.02. The molecule has 1 atom stereocenters. The number of nitrogens with zero attached hydrogens (tertiary/aromatic N) is 2. The van der Waals surface area contributed by atoms with Crippen molar-refractivity contribution in [2.45, 2.75) is 19.4 Å². The van der Waals surface area contributed by atoms with E-state index < -0.39 is 0 Å². The van der Waals surface area contributed by atoms with Gasteiger partial charge in [0.1, 0.15) is 5.75 Å². The molecule has 3 aromatic rings. The molecule has 1 heterocycles. The zero-order valence-corrected chi connectivity index (χ0v) is 14.4. The molecule has 0 fully saturated rings. The van der Waals surface area contributed by atoms with Gasteiger partial charge in [-0.15, -0.1) is 0 Å². The number of benzene rings is 2. The van der Waals surface area contributed by atoms with Gasteiger partial charge in [-0.1, -0.05) is 30.3 Å². The van der Waals surface area contributed by atoms with Crippen molar-refractivity contribution in [1.29, 1.82) is 0 Å². The summed E-state index contributed by atoms with van der Waals surface area (Å²) >= 11 is 0. The molecule has 1 aromatic heterocycles. The fourth-order valence-corrected chi connectivity index (χ4v) is 2.43. The molecule has 0 bridgehead atoms. The first-order chi connectivity index (χ1) is 12.2. The topological polar surface area (TPSA) is 66.6 Å². The lowest BCUT2D eigenvalue weighted by molar-refractivity contribution is 0.154. The molecule has 0 radical (unpaired) electrons. The molecular weight excluding hydrogens is 320 g/mol. The Bertz CT molecular complexity index is 817. The molecule has 0 amide bonds. The lowest BCUT2D eigenvalue weighted by Crippen LogP contribution is -2.06. The third kappa shape index (κ3) is 3.74. The van der Waals surface area contributed by atoms with E-state index in [0.717, 1.165) is 11.3 Å². The largest absolute Gasteiger partial charge is 0.493 e. The molecule has 0 saturated heterocycles. The number of hydrogen-bond donors (Lipinski definition) is 0. The minimum Gasteiger partial charge on any atom is -0.493 e. The van der Waals surface area contributed by atoms with Gasteiger partial charge in [0.05, 0.1) is 14.2 Å². The standard InChI is InChI=1S/C19H20N2O4/c1-4-15(24-14-8-6-5-7-9-14)19-20-18(21-25-19)13-10-11-16(22-2)17(12-13)23-3/h5-12,15H,4H2,1-3H3. The van der Waals surface area contributed by atoms with Crippen LogP contribution in [-0.2, 0) is 0 Å². The van der Waals surface area contributed by atoms with Gasteiger partial charge in [-0.2, -0.15) is 4.98 Å². The first-order valence-corrected chi connectivity index (χ1v) is 8.02. The molecule has 130 valence electrons. The quantitative estimate of drug-likeness (QED) is 0.639. The molecule has 0 spiro atoms. The second kappa shape index (κ2) is 7.70. The maximum Gasteiger partial charge on any atom is 0.268 e. The van der Waals surface area contributed by atoms with Crippen LogP contribution in [0.5, 0.6) is 17.2 Å². The van der Waals surface area contributed by atoms with E-state index in [9.17, 15) is 0 Å². The fourth-order valence-electron chi connectivity index (χ4n) is 2.43. The van der Waals surface area contributed by atoms with E-state index in [1.165, 1.54) is 0 Å². The Morgan fingerprint density at radius 3 is 2.44 bits per heavy atom. The van der Waals surface area contributed by atoms with Crippen LogP contribution in [0.25, 0.3) is 11.4 Å². The van der Waals surface area contributed by atoms with Gasteiger partial charge < -0.3 is 18.7 Å². The summed E-state index contributed by atoms with van der Waals surface area (Å²) in [5.41, 5.74) is 0.780. The summed E-state index contributed by atoms with van der Waals surface area (Å²) in [7, 11) is 3.18. The maximum atomic E-state index is 5.94. The predicted octanol–water partition coefficient (Wildman–Crippen LogP) is 4.28. The zero-order chi connectivity index (χ0) is 17.6. The third-order valence-electron chi connectivity index (χ3n) is 3.75. The van der Waals surface area contributed by atoms with Crippen molar-refractivity contribution in [2.75, 3.05) is 14.2 Å². The highest BCUT2D eigenvalue weighted by atomic mass is 16.5. The average Bonchev–Trinajstić information content (AvgIpc) is 3.16. The smallest absolute Gasteiger partial charge is 0.268 e. The first kappa shape index (κ1) is 16.8. The van der Waals surface area contributed by atoms with Gasteiger partial charge in [0.25, 0.3) is 5.89 Å². The highest BCUT2D eigenvalue weighted by Crippen LogP contribution is 2.32. The van der Waals surface area contributed by atoms with Crippen LogP contribution in [0.2, 0.25) is 0 Å². The number of ether oxygens (including phenoxy) is 3. The van der Waals surface area contributed by atoms with E-state index in [2.05, 4.69) is 10.1 Å². The van der Waals surface area contributed by atoms with Gasteiger partial charge >= 0.3 is 0 Å². The van der Waals surface area contributed by atoms with Gasteiger partial charge in [-0.05, 0) is 36.8 Å². The summed E-state index contributed by atoms with van der Waals surface area (Å²) in [5.74, 6) is 2.94. The molecule has 0 saturated carbocycles. The monoisotopic (exact) mass is 340 g/mol. The van der Waals surface area contributed by atoms with Crippen LogP contribution >= 0.6 is 0 Å². The number of hydrogen-bond acceptors (Lipinski definition) is 6. The minimum absolute atomic E-state index is 0.302. The molecule has 6 nitrogen and oxygen atoms in total. The minimum atomic E-state index is -0.302. The molecular formula is C19H20N2O4. The molecule has 25 heavy (non-hydrogen) atoms. The molecule has 1 unspecified atom stereocenters. The van der Waals surface area contributed by atoms with Crippen molar-refractivity contribution < 1.29 is 18.7 Å². The number of aromatic nitrogens is 2. The van der Waals surface area contributed by atoms with Gasteiger partial charge in [0.2, 0.25) is 5.82 Å². The maximum absolute atomic E-state index is 5.94. The highest BCUT2D eigenvalue weighted by Gasteiger charge is 2.20. The van der Waals surface area contributed by atoms with Crippen molar-refractivity contribution in [1.82, 2.24) is 10.1 Å². The Balaban J connectivity index is 1.83. The van der Waals surface area contributed by atoms with Crippen molar-refractivity contribution in [3.63, 3.8) is 0 Å². The summed E-state index contributed by atoms with van der Waals surface area (Å²) in [6, 6.07) is 15.1. The van der Waals surface area contributed by atoms with Crippen molar-refractivity contribution >= 4 is 0 Å². The molecule has 0 aliphatic heterocycles. The Morgan fingerprint density at radius 1 is 1.00 bits per heavy atom. The second-order valence-electron chi connectivity index (χ2n) is 5.35. The van der Waals surface area contributed by atoms with Crippen molar-refractivity contribution in [3.8, 4) is 28.6 Å². The summed E-state index contributed by atoms with van der Waals surface area (Å²) in [5, 5.41) is 4.07. The Labute approximate surface area is 146 Å². The molecule has 2 aromatic carbocycles. The molecule has 0 aliphatic carbocycles. The summed E-state index contributed by atoms with van der Waals surface area (Å²) in [6.45, 7) is 2.01. The molecule has 0 N–H and O–H groups in total. The van der Waals surface area contributed by atoms with E-state index in [1.54, 1.807) is 14.2 Å². The Morgan fingerprint density at radius 2 is 1.76 bits per heavy atom. The van der Waals surface area contributed by atoms with Crippen molar-refractivity contribution in [3.05, 3.63) is 54.4 Å². The second-order valence-corrected chi connectivity index (χ2v) is 5.35. The normalized spacial score (nSPS) is 11.8. The molecule has 0 aliphatic rings. The van der Waals surface area contributed by atoms with Crippen LogP contribution in [0.15, 0.2) is 53.1 Å². The fraction of sp³-hybridized carbons (Fsp3) is 0.263. The third-order valence-corrected chi connectivity index (χ3v) is 3.75. The van der Waals surface area contributed by atoms with E-state index in [0.29, 0.717) is 29.6 Å². The van der Waals surface area contributed by atoms with Crippen LogP contribution in [0.4, 0.5) is 0 Å². The molecule has 6 heteroatoms. The molecule has 3 rings (SSSR count). The zero-order valence-electron chi connectivity index (χ0n) is 14.4. The number of rotatable bonds is 7. The highest BCUT2D eigenvalue weighted by molar-refractivity contribution is 5.60. The van der Waals surface area contributed by atoms with Crippen LogP contribution in [0.3, 0.4) is 0 Å². The summed E-state index contributed by atoms with van der Waals surface area (Å²) in [4.78, 5) is 4.48. The predicted molar refractivity (Wildman–Crippen MR) is 92.9 cm³/mol. The van der Waals surface area contributed by atoms with Crippen LogP contribution < -0.4 is 14.2 Å².